The molecule has 98 valence electrons. The summed E-state index contributed by atoms with van der Waals surface area (Å²) in [6, 6.07) is 0.164. The maximum absolute atomic E-state index is 12.2. The van der Waals surface area contributed by atoms with Gasteiger partial charge in [-0.1, -0.05) is 0 Å². The molecule has 1 unspecified atom stereocenters. The molecule has 0 spiro atoms. The van der Waals surface area contributed by atoms with Crippen molar-refractivity contribution in [2.45, 2.75) is 19.9 Å². The average molecular weight is 268 g/mol. The Labute approximate surface area is 109 Å². The molecular weight excluding hydrogens is 252 g/mol. The van der Waals surface area contributed by atoms with E-state index in [0.29, 0.717) is 17.4 Å². The van der Waals surface area contributed by atoms with Gasteiger partial charge in [-0.05, 0) is 6.92 Å². The summed E-state index contributed by atoms with van der Waals surface area (Å²) >= 11 is 1.27. The van der Waals surface area contributed by atoms with Crippen LogP contribution in [0.4, 0.5) is 5.13 Å². The number of rotatable bonds is 2. The Bertz CT molecular complexity index is 460. The van der Waals surface area contributed by atoms with E-state index in [0.717, 1.165) is 13.1 Å². The van der Waals surface area contributed by atoms with Crippen molar-refractivity contribution < 1.29 is 9.59 Å². The molecule has 0 radical (unpaired) electrons. The monoisotopic (exact) mass is 268 g/mol. The number of nitrogens with one attached hydrogen (secondary N) is 2. The molecule has 2 amide bonds. The smallest absolute Gasteiger partial charge is 0.273 e. The predicted octanol–water partition coefficient (Wildman–Crippen LogP) is 0.535. The molecule has 0 saturated carbocycles. The summed E-state index contributed by atoms with van der Waals surface area (Å²) in [4.78, 5) is 29.1. The van der Waals surface area contributed by atoms with Gasteiger partial charge in [-0.25, -0.2) is 4.98 Å². The molecule has 7 heteroatoms. The number of amides is 2. The number of thiazole rings is 1. The first kappa shape index (κ1) is 13.0. The molecule has 18 heavy (non-hydrogen) atoms. The van der Waals surface area contributed by atoms with Crippen molar-refractivity contribution in [1.29, 1.82) is 0 Å². The van der Waals surface area contributed by atoms with Gasteiger partial charge in [0.05, 0.1) is 0 Å². The first-order valence-corrected chi connectivity index (χ1v) is 6.70. The van der Waals surface area contributed by atoms with E-state index in [4.69, 9.17) is 0 Å². The van der Waals surface area contributed by atoms with Gasteiger partial charge < -0.3 is 15.5 Å². The first-order valence-electron chi connectivity index (χ1n) is 5.82. The predicted molar refractivity (Wildman–Crippen MR) is 69.8 cm³/mol. The van der Waals surface area contributed by atoms with E-state index < -0.39 is 0 Å². The highest BCUT2D eigenvalue weighted by Crippen LogP contribution is 2.18. The average Bonchev–Trinajstić information content (AvgIpc) is 2.76. The summed E-state index contributed by atoms with van der Waals surface area (Å²) in [6.07, 6.45) is 0. The van der Waals surface area contributed by atoms with Crippen LogP contribution in [0.3, 0.4) is 0 Å². The summed E-state index contributed by atoms with van der Waals surface area (Å²) in [6.45, 7) is 5.71. The lowest BCUT2D eigenvalue weighted by Crippen LogP contribution is -2.52. The second kappa shape index (κ2) is 5.45. The van der Waals surface area contributed by atoms with Crippen molar-refractivity contribution in [3.8, 4) is 0 Å². The van der Waals surface area contributed by atoms with Crippen LogP contribution in [0.1, 0.15) is 24.3 Å². The van der Waals surface area contributed by atoms with Crippen LogP contribution in [0.5, 0.6) is 0 Å². The number of aromatic nitrogens is 1. The van der Waals surface area contributed by atoms with Crippen LogP contribution in [0.15, 0.2) is 5.38 Å². The molecular formula is C11H16N4O2S. The number of hydrogen-bond acceptors (Lipinski definition) is 5. The highest BCUT2D eigenvalue weighted by Gasteiger charge is 2.25. The molecule has 6 nitrogen and oxygen atoms in total. The number of carbonyl (C=O) groups excluding carboxylic acids is 2. The minimum Gasteiger partial charge on any atom is -0.332 e. The van der Waals surface area contributed by atoms with Gasteiger partial charge in [0.1, 0.15) is 5.69 Å². The van der Waals surface area contributed by atoms with Crippen molar-refractivity contribution in [3.05, 3.63) is 11.1 Å². The summed E-state index contributed by atoms with van der Waals surface area (Å²) in [5.74, 6) is -0.254. The molecule has 0 aliphatic carbocycles. The van der Waals surface area contributed by atoms with Gasteiger partial charge in [0, 0.05) is 38.0 Å². The second-order valence-electron chi connectivity index (χ2n) is 4.27. The van der Waals surface area contributed by atoms with Crippen LogP contribution < -0.4 is 10.6 Å². The van der Waals surface area contributed by atoms with Crippen molar-refractivity contribution in [1.82, 2.24) is 15.2 Å². The summed E-state index contributed by atoms with van der Waals surface area (Å²) in [5, 5.41) is 7.96. The summed E-state index contributed by atoms with van der Waals surface area (Å²) in [7, 11) is 0. The van der Waals surface area contributed by atoms with E-state index in [1.807, 2.05) is 11.8 Å². The highest BCUT2D eigenvalue weighted by molar-refractivity contribution is 7.14. The van der Waals surface area contributed by atoms with Gasteiger partial charge >= 0.3 is 0 Å². The fourth-order valence-corrected chi connectivity index (χ4v) is 2.60. The van der Waals surface area contributed by atoms with Gasteiger partial charge in [-0.2, -0.15) is 0 Å². The Balaban J connectivity index is 2.08. The Kier molecular flexibility index (Phi) is 3.93. The minimum atomic E-state index is -0.182. The van der Waals surface area contributed by atoms with E-state index in [-0.39, 0.29) is 17.9 Å². The zero-order chi connectivity index (χ0) is 13.1. The molecule has 1 aromatic heterocycles. The number of hydrogen-bond donors (Lipinski definition) is 2. The Morgan fingerprint density at radius 3 is 3.06 bits per heavy atom. The standard InChI is InChI=1S/C11H16N4O2S/c1-7-5-12-3-4-15(7)10(17)9-6-18-11(14-9)13-8(2)16/h6-7,12H,3-5H2,1-2H3,(H,13,14,16). The van der Waals surface area contributed by atoms with Crippen LogP contribution in [-0.2, 0) is 4.79 Å². The largest absolute Gasteiger partial charge is 0.332 e. The van der Waals surface area contributed by atoms with Crippen LogP contribution in [0.25, 0.3) is 0 Å². The van der Waals surface area contributed by atoms with Crippen LogP contribution in [-0.4, -0.2) is 47.4 Å². The van der Waals surface area contributed by atoms with Gasteiger partial charge in [0.15, 0.2) is 5.13 Å². The molecule has 1 saturated heterocycles. The number of carbonyl (C=O) groups is 2. The Morgan fingerprint density at radius 1 is 1.61 bits per heavy atom. The first-order chi connectivity index (χ1) is 8.58. The maximum atomic E-state index is 12.2. The molecule has 1 fully saturated rings. The second-order valence-corrected chi connectivity index (χ2v) is 5.13. The lowest BCUT2D eigenvalue weighted by atomic mass is 10.2. The summed E-state index contributed by atoms with van der Waals surface area (Å²) < 4.78 is 0. The number of piperazine rings is 1. The lowest BCUT2D eigenvalue weighted by molar-refractivity contribution is -0.114. The molecule has 1 atom stereocenters. The third-order valence-electron chi connectivity index (χ3n) is 2.77. The molecule has 1 aliphatic heterocycles. The Hall–Kier alpha value is -1.47. The van der Waals surface area contributed by atoms with E-state index in [9.17, 15) is 9.59 Å². The van der Waals surface area contributed by atoms with Crippen LogP contribution in [0, 0.1) is 0 Å². The SMILES string of the molecule is CC(=O)Nc1nc(C(=O)N2CCNCC2C)cs1. The third-order valence-corrected chi connectivity index (χ3v) is 3.53. The number of nitrogens with zero attached hydrogens (tertiary/aromatic N) is 2. The van der Waals surface area contributed by atoms with Gasteiger partial charge in [-0.15, -0.1) is 11.3 Å². The maximum Gasteiger partial charge on any atom is 0.273 e. The zero-order valence-electron chi connectivity index (χ0n) is 10.4. The fraction of sp³-hybridized carbons (Fsp3) is 0.545. The Morgan fingerprint density at radius 2 is 2.39 bits per heavy atom. The quantitative estimate of drug-likeness (QED) is 0.821. The topological polar surface area (TPSA) is 74.3 Å². The zero-order valence-corrected chi connectivity index (χ0v) is 11.2. The molecule has 2 N–H and O–H groups in total. The van der Waals surface area contributed by atoms with E-state index >= 15 is 0 Å². The van der Waals surface area contributed by atoms with Crippen LogP contribution in [0.2, 0.25) is 0 Å². The molecule has 1 aliphatic rings. The number of anilines is 1. The summed E-state index contributed by atoms with van der Waals surface area (Å²) in [5.41, 5.74) is 0.400. The van der Waals surface area contributed by atoms with Gasteiger partial charge in [0.25, 0.3) is 5.91 Å². The third kappa shape index (κ3) is 2.85. The van der Waals surface area contributed by atoms with E-state index in [2.05, 4.69) is 15.6 Å². The normalized spacial score (nSPS) is 19.7. The van der Waals surface area contributed by atoms with Crippen molar-refractivity contribution >= 4 is 28.3 Å². The van der Waals surface area contributed by atoms with Gasteiger partial charge in [0.2, 0.25) is 5.91 Å². The van der Waals surface area contributed by atoms with E-state index in [1.165, 1.54) is 18.3 Å². The molecule has 2 heterocycles. The molecule has 0 bridgehead atoms. The molecule has 0 aromatic carbocycles. The fourth-order valence-electron chi connectivity index (χ4n) is 1.87. The molecule has 1 aromatic rings. The highest BCUT2D eigenvalue weighted by atomic mass is 32.1. The lowest BCUT2D eigenvalue weighted by Gasteiger charge is -2.33. The van der Waals surface area contributed by atoms with Crippen molar-refractivity contribution in [2.24, 2.45) is 0 Å². The van der Waals surface area contributed by atoms with Crippen LogP contribution >= 0.6 is 11.3 Å². The van der Waals surface area contributed by atoms with Crippen molar-refractivity contribution in [3.63, 3.8) is 0 Å². The molecule has 2 rings (SSSR count). The van der Waals surface area contributed by atoms with E-state index in [1.54, 1.807) is 5.38 Å². The van der Waals surface area contributed by atoms with Crippen molar-refractivity contribution in [2.75, 3.05) is 25.0 Å². The minimum absolute atomic E-state index is 0.0724. The van der Waals surface area contributed by atoms with Gasteiger partial charge in [-0.3, -0.25) is 9.59 Å².